The van der Waals surface area contributed by atoms with Crippen LogP contribution in [-0.2, 0) is 14.3 Å². The third-order valence-corrected chi connectivity index (χ3v) is 4.89. The van der Waals surface area contributed by atoms with E-state index >= 15 is 0 Å². The average Bonchev–Trinajstić information content (AvgIpc) is 2.78. The zero-order valence-electron chi connectivity index (χ0n) is 13.9. The zero-order chi connectivity index (χ0) is 18.4. The van der Waals surface area contributed by atoms with Crippen LogP contribution in [0.4, 0.5) is 4.79 Å². The number of aliphatic hydroxyl groups is 2. The third kappa shape index (κ3) is 2.93. The van der Waals surface area contributed by atoms with Crippen molar-refractivity contribution in [2.24, 2.45) is 5.73 Å². The molecule has 0 aromatic carbocycles. The van der Waals surface area contributed by atoms with Crippen molar-refractivity contribution < 1.29 is 29.3 Å². The number of ether oxygens (including phenoxy) is 2. The molecule has 2 aliphatic heterocycles. The van der Waals surface area contributed by atoms with Crippen LogP contribution in [0.3, 0.4) is 0 Å². The Morgan fingerprint density at radius 3 is 2.68 bits per heavy atom. The molecule has 0 radical (unpaired) electrons. The summed E-state index contributed by atoms with van der Waals surface area (Å²) in [6, 6.07) is -0.746. The number of nitrogens with one attached hydrogen (secondary N) is 1. The molecule has 0 aromatic rings. The lowest BCUT2D eigenvalue weighted by Crippen LogP contribution is -2.69. The van der Waals surface area contributed by atoms with Gasteiger partial charge in [0.05, 0.1) is 6.10 Å². The van der Waals surface area contributed by atoms with Crippen molar-refractivity contribution in [2.75, 3.05) is 0 Å². The van der Waals surface area contributed by atoms with Crippen LogP contribution < -0.4 is 11.1 Å². The van der Waals surface area contributed by atoms with E-state index in [1.54, 1.807) is 6.92 Å². The monoisotopic (exact) mass is 353 g/mol. The molecule has 25 heavy (non-hydrogen) atoms. The van der Waals surface area contributed by atoms with Gasteiger partial charge < -0.3 is 25.0 Å². The number of urea groups is 1. The van der Waals surface area contributed by atoms with Gasteiger partial charge in [-0.1, -0.05) is 12.7 Å². The standard InChI is InChI=1S/C16H23N3O6/c1-3-9-7-19(13-12(21)11(20)8(2)24-13)15(23)18-16(9,17)14(22)25-10-5-4-6-10/h3,7-8,10-13,20-21H,1,4-6,17H2,2H3,(H,18,23)/t8-,11-,12-,13-,16?/m1/s1. The van der Waals surface area contributed by atoms with E-state index in [2.05, 4.69) is 11.9 Å². The number of carbonyl (C=O) groups is 2. The number of carbonyl (C=O) groups excluding carboxylic acids is 2. The summed E-state index contributed by atoms with van der Waals surface area (Å²) >= 11 is 0. The van der Waals surface area contributed by atoms with Crippen LogP contribution in [0, 0.1) is 0 Å². The summed E-state index contributed by atoms with van der Waals surface area (Å²) in [5, 5.41) is 22.3. The van der Waals surface area contributed by atoms with Gasteiger partial charge in [0.1, 0.15) is 18.3 Å². The van der Waals surface area contributed by atoms with Gasteiger partial charge in [-0.3, -0.25) is 10.6 Å². The number of rotatable bonds is 4. The highest BCUT2D eigenvalue weighted by Gasteiger charge is 2.51. The second-order valence-corrected chi connectivity index (χ2v) is 6.61. The number of hydrogen-bond donors (Lipinski definition) is 4. The Morgan fingerprint density at radius 1 is 1.52 bits per heavy atom. The predicted molar refractivity (Wildman–Crippen MR) is 85.6 cm³/mol. The Labute approximate surface area is 145 Å². The molecule has 138 valence electrons. The average molecular weight is 353 g/mol. The van der Waals surface area contributed by atoms with E-state index in [1.807, 2.05) is 0 Å². The zero-order valence-corrected chi connectivity index (χ0v) is 13.9. The van der Waals surface area contributed by atoms with Gasteiger partial charge >= 0.3 is 12.0 Å². The first-order chi connectivity index (χ1) is 11.8. The highest BCUT2D eigenvalue weighted by atomic mass is 16.6. The van der Waals surface area contributed by atoms with Crippen LogP contribution in [-0.4, -0.2) is 63.4 Å². The quantitative estimate of drug-likeness (QED) is 0.491. The second-order valence-electron chi connectivity index (χ2n) is 6.61. The molecule has 0 bridgehead atoms. The highest BCUT2D eigenvalue weighted by Crippen LogP contribution is 2.30. The lowest BCUT2D eigenvalue weighted by molar-refractivity contribution is -0.159. The molecular formula is C16H23N3O6. The van der Waals surface area contributed by atoms with Gasteiger partial charge in [-0.05, 0) is 26.2 Å². The first-order valence-electron chi connectivity index (χ1n) is 8.24. The summed E-state index contributed by atoms with van der Waals surface area (Å²) < 4.78 is 10.8. The van der Waals surface area contributed by atoms with Crippen LogP contribution in [0.1, 0.15) is 26.2 Å². The highest BCUT2D eigenvalue weighted by molar-refractivity contribution is 5.93. The summed E-state index contributed by atoms with van der Waals surface area (Å²) in [5.41, 5.74) is 4.43. The maximum absolute atomic E-state index is 12.5. The molecule has 1 unspecified atom stereocenters. The predicted octanol–water partition coefficient (Wildman–Crippen LogP) is -0.701. The first kappa shape index (κ1) is 17.9. The summed E-state index contributed by atoms with van der Waals surface area (Å²) in [6.45, 7) is 5.20. The molecule has 5 N–H and O–H groups in total. The van der Waals surface area contributed by atoms with Crippen LogP contribution >= 0.6 is 0 Å². The molecule has 3 rings (SSSR count). The Bertz CT molecular complexity index is 619. The van der Waals surface area contributed by atoms with Gasteiger partial charge in [0, 0.05) is 11.8 Å². The molecular weight excluding hydrogens is 330 g/mol. The fourth-order valence-corrected chi connectivity index (χ4v) is 2.98. The van der Waals surface area contributed by atoms with Crippen LogP contribution in [0.15, 0.2) is 24.4 Å². The number of hydrogen-bond acceptors (Lipinski definition) is 7. The fourth-order valence-electron chi connectivity index (χ4n) is 2.98. The van der Waals surface area contributed by atoms with Crippen molar-refractivity contribution in [3.8, 4) is 0 Å². The number of amides is 2. The van der Waals surface area contributed by atoms with E-state index < -0.39 is 42.2 Å². The SMILES string of the molecule is C=CC1=CN([C@@H]2O[C@H](C)[C@@H](O)[C@H]2O)C(=O)NC1(N)C(=O)OC1CCC1. The molecule has 0 spiro atoms. The number of nitrogens with two attached hydrogens (primary N) is 1. The van der Waals surface area contributed by atoms with Gasteiger partial charge in [-0.15, -0.1) is 0 Å². The van der Waals surface area contributed by atoms with E-state index in [9.17, 15) is 19.8 Å². The Kier molecular flexibility index (Phi) is 4.58. The first-order valence-corrected chi connectivity index (χ1v) is 8.24. The fraction of sp³-hybridized carbons (Fsp3) is 0.625. The van der Waals surface area contributed by atoms with Crippen LogP contribution in [0.25, 0.3) is 0 Å². The van der Waals surface area contributed by atoms with Gasteiger partial charge in [-0.2, -0.15) is 0 Å². The van der Waals surface area contributed by atoms with E-state index in [1.165, 1.54) is 12.3 Å². The second kappa shape index (κ2) is 6.41. The van der Waals surface area contributed by atoms with E-state index in [0.29, 0.717) is 0 Å². The minimum absolute atomic E-state index is 0.190. The minimum atomic E-state index is -1.86. The van der Waals surface area contributed by atoms with E-state index in [-0.39, 0.29) is 11.7 Å². The third-order valence-electron chi connectivity index (χ3n) is 4.89. The van der Waals surface area contributed by atoms with Crippen molar-refractivity contribution >= 4 is 12.0 Å². The van der Waals surface area contributed by atoms with E-state index in [4.69, 9.17) is 15.2 Å². The normalized spacial score (nSPS) is 38.6. The van der Waals surface area contributed by atoms with Crippen LogP contribution in [0.2, 0.25) is 0 Å². The molecule has 2 fully saturated rings. The molecule has 1 saturated heterocycles. The van der Waals surface area contributed by atoms with Crippen molar-refractivity contribution in [3.63, 3.8) is 0 Å². The van der Waals surface area contributed by atoms with Crippen molar-refractivity contribution in [2.45, 2.75) is 62.5 Å². The number of aliphatic hydroxyl groups excluding tert-OH is 2. The molecule has 2 heterocycles. The summed E-state index contributed by atoms with van der Waals surface area (Å²) in [4.78, 5) is 26.0. The van der Waals surface area contributed by atoms with Crippen molar-refractivity contribution in [1.29, 1.82) is 0 Å². The molecule has 5 atom stereocenters. The Balaban J connectivity index is 1.84. The van der Waals surface area contributed by atoms with Gasteiger partial charge in [-0.25, -0.2) is 9.59 Å². The maximum atomic E-state index is 12.5. The molecule has 9 heteroatoms. The van der Waals surface area contributed by atoms with Crippen molar-refractivity contribution in [3.05, 3.63) is 24.4 Å². The van der Waals surface area contributed by atoms with Crippen LogP contribution in [0.5, 0.6) is 0 Å². The largest absolute Gasteiger partial charge is 0.459 e. The lowest BCUT2D eigenvalue weighted by Gasteiger charge is -2.40. The molecule has 0 aromatic heterocycles. The summed E-state index contributed by atoms with van der Waals surface area (Å²) in [7, 11) is 0. The molecule has 3 aliphatic rings. The van der Waals surface area contributed by atoms with E-state index in [0.717, 1.165) is 24.2 Å². The summed E-state index contributed by atoms with van der Waals surface area (Å²) in [5.74, 6) is -0.766. The number of esters is 1. The molecule has 9 nitrogen and oxygen atoms in total. The lowest BCUT2D eigenvalue weighted by atomic mass is 9.95. The summed E-state index contributed by atoms with van der Waals surface area (Å²) in [6.07, 6.45) is 0.763. The van der Waals surface area contributed by atoms with Gasteiger partial charge in [0.2, 0.25) is 5.66 Å². The topological polar surface area (TPSA) is 134 Å². The Hall–Kier alpha value is -1.94. The van der Waals surface area contributed by atoms with Gasteiger partial charge in [0.15, 0.2) is 6.23 Å². The molecule has 1 aliphatic carbocycles. The number of nitrogens with zero attached hydrogens (tertiary/aromatic N) is 1. The Morgan fingerprint density at radius 2 is 2.20 bits per heavy atom. The minimum Gasteiger partial charge on any atom is -0.459 e. The van der Waals surface area contributed by atoms with Gasteiger partial charge in [0.25, 0.3) is 0 Å². The maximum Gasteiger partial charge on any atom is 0.352 e. The molecule has 2 amide bonds. The molecule has 1 saturated carbocycles. The smallest absolute Gasteiger partial charge is 0.352 e. The van der Waals surface area contributed by atoms with Crippen molar-refractivity contribution in [1.82, 2.24) is 10.2 Å².